The number of hydrogen-bond acceptors (Lipinski definition) is 7. The molecule has 25 heavy (non-hydrogen) atoms. The largest absolute Gasteiger partial charge is 0.353 e. The summed E-state index contributed by atoms with van der Waals surface area (Å²) in [5.41, 5.74) is 1.58. The number of aryl methyl sites for hydroxylation is 2. The highest BCUT2D eigenvalue weighted by atomic mass is 32.1. The fourth-order valence-corrected chi connectivity index (χ4v) is 4.46. The van der Waals surface area contributed by atoms with Gasteiger partial charge in [0.25, 0.3) is 5.91 Å². The van der Waals surface area contributed by atoms with Crippen molar-refractivity contribution >= 4 is 23.1 Å². The molecule has 3 heterocycles. The normalized spacial score (nSPS) is 20.2. The van der Waals surface area contributed by atoms with E-state index in [-0.39, 0.29) is 11.9 Å². The Morgan fingerprint density at radius 2 is 2.16 bits per heavy atom. The molecule has 1 fully saturated rings. The number of nitrogens with one attached hydrogen (secondary N) is 2. The molecule has 1 aliphatic heterocycles. The topological polar surface area (TPSA) is 83.0 Å². The summed E-state index contributed by atoms with van der Waals surface area (Å²) in [6, 6.07) is 3.80. The predicted molar refractivity (Wildman–Crippen MR) is 97.2 cm³/mol. The van der Waals surface area contributed by atoms with Gasteiger partial charge in [-0.1, -0.05) is 0 Å². The van der Waals surface area contributed by atoms with Gasteiger partial charge in [-0.3, -0.25) is 4.79 Å². The molecular formula is C17H22N6OS. The fraction of sp³-hybridized carbons (Fsp3) is 0.529. The van der Waals surface area contributed by atoms with Crippen molar-refractivity contribution in [2.75, 3.05) is 31.1 Å². The van der Waals surface area contributed by atoms with Gasteiger partial charge in [0.1, 0.15) is 0 Å². The Balaban J connectivity index is 1.38. The van der Waals surface area contributed by atoms with Crippen LogP contribution in [0.2, 0.25) is 0 Å². The van der Waals surface area contributed by atoms with Gasteiger partial charge in [-0.2, -0.15) is 0 Å². The van der Waals surface area contributed by atoms with Crippen LogP contribution in [0.1, 0.15) is 32.5 Å². The highest BCUT2D eigenvalue weighted by Gasteiger charge is 2.24. The number of carbonyl (C=O) groups is 1. The second kappa shape index (κ2) is 7.05. The van der Waals surface area contributed by atoms with Gasteiger partial charge < -0.3 is 15.5 Å². The molecule has 1 amide bonds. The van der Waals surface area contributed by atoms with Crippen LogP contribution < -0.4 is 15.5 Å². The van der Waals surface area contributed by atoms with Crippen LogP contribution in [0.4, 0.5) is 5.82 Å². The first-order valence-electron chi connectivity index (χ1n) is 8.74. The zero-order valence-corrected chi connectivity index (χ0v) is 15.1. The maximum Gasteiger partial charge on any atom is 0.272 e. The molecule has 1 unspecified atom stereocenters. The van der Waals surface area contributed by atoms with Gasteiger partial charge in [0.2, 0.25) is 0 Å². The van der Waals surface area contributed by atoms with Crippen molar-refractivity contribution in [3.63, 3.8) is 0 Å². The van der Waals surface area contributed by atoms with Crippen LogP contribution in [-0.4, -0.2) is 53.3 Å². The Morgan fingerprint density at radius 3 is 2.92 bits per heavy atom. The van der Waals surface area contributed by atoms with Crippen molar-refractivity contribution in [2.24, 2.45) is 0 Å². The Labute approximate surface area is 150 Å². The summed E-state index contributed by atoms with van der Waals surface area (Å²) >= 11 is 1.73. The Bertz CT molecular complexity index is 753. The second-order valence-corrected chi connectivity index (χ2v) is 7.82. The van der Waals surface area contributed by atoms with Crippen LogP contribution >= 0.6 is 11.3 Å². The number of nitrogens with zero attached hydrogens (tertiary/aromatic N) is 4. The minimum Gasteiger partial charge on any atom is -0.353 e. The highest BCUT2D eigenvalue weighted by Crippen LogP contribution is 2.26. The number of rotatable bonds is 3. The fourth-order valence-electron chi connectivity index (χ4n) is 3.40. The van der Waals surface area contributed by atoms with Gasteiger partial charge in [0.05, 0.1) is 10.7 Å². The highest BCUT2D eigenvalue weighted by molar-refractivity contribution is 7.11. The van der Waals surface area contributed by atoms with Crippen molar-refractivity contribution in [1.29, 1.82) is 0 Å². The number of aromatic nitrogens is 3. The molecule has 2 aliphatic rings. The maximum absolute atomic E-state index is 12.5. The molecule has 7 nitrogen and oxygen atoms in total. The first-order valence-corrected chi connectivity index (χ1v) is 9.56. The SMILES string of the molecule is Cc1nc2c(s1)CC(NC(=O)c1ccc(N3CCNCC3)nn1)CC2. The molecule has 2 N–H and O–H groups in total. The van der Waals surface area contributed by atoms with Gasteiger partial charge in [-0.25, -0.2) is 4.98 Å². The van der Waals surface area contributed by atoms with Gasteiger partial charge in [-0.15, -0.1) is 21.5 Å². The molecule has 2 aromatic heterocycles. The van der Waals surface area contributed by atoms with Crippen molar-refractivity contribution < 1.29 is 4.79 Å². The molecular weight excluding hydrogens is 336 g/mol. The van der Waals surface area contributed by atoms with E-state index in [1.807, 2.05) is 13.0 Å². The minimum absolute atomic E-state index is 0.144. The van der Waals surface area contributed by atoms with Crippen LogP contribution in [-0.2, 0) is 12.8 Å². The number of thiazole rings is 1. The molecule has 0 spiro atoms. The molecule has 0 radical (unpaired) electrons. The number of anilines is 1. The summed E-state index contributed by atoms with van der Waals surface area (Å²) in [4.78, 5) is 20.5. The minimum atomic E-state index is -0.144. The number of amides is 1. The van der Waals surface area contributed by atoms with Crippen molar-refractivity contribution in [3.05, 3.63) is 33.4 Å². The number of piperazine rings is 1. The third kappa shape index (κ3) is 3.64. The van der Waals surface area contributed by atoms with E-state index in [1.165, 1.54) is 10.6 Å². The molecule has 132 valence electrons. The van der Waals surface area contributed by atoms with Crippen LogP contribution in [0.15, 0.2) is 12.1 Å². The number of hydrogen-bond donors (Lipinski definition) is 2. The molecule has 1 atom stereocenters. The molecule has 0 aromatic carbocycles. The van der Waals surface area contributed by atoms with Crippen molar-refractivity contribution in [1.82, 2.24) is 25.8 Å². The lowest BCUT2D eigenvalue weighted by Crippen LogP contribution is -2.44. The number of carbonyl (C=O) groups excluding carboxylic acids is 1. The summed E-state index contributed by atoms with van der Waals surface area (Å²) in [6.45, 7) is 5.76. The molecule has 0 bridgehead atoms. The molecule has 4 rings (SSSR count). The van der Waals surface area contributed by atoms with E-state index in [0.717, 1.165) is 56.3 Å². The molecule has 1 saturated heterocycles. The summed E-state index contributed by atoms with van der Waals surface area (Å²) in [5, 5.41) is 15.9. The zero-order valence-electron chi connectivity index (χ0n) is 14.3. The quantitative estimate of drug-likeness (QED) is 0.850. The van der Waals surface area contributed by atoms with E-state index in [4.69, 9.17) is 0 Å². The van der Waals surface area contributed by atoms with Gasteiger partial charge in [-0.05, 0) is 31.9 Å². The van der Waals surface area contributed by atoms with E-state index in [9.17, 15) is 4.79 Å². The first kappa shape index (κ1) is 16.4. The van der Waals surface area contributed by atoms with E-state index in [0.29, 0.717) is 5.69 Å². The van der Waals surface area contributed by atoms with E-state index < -0.39 is 0 Å². The van der Waals surface area contributed by atoms with Crippen LogP contribution in [0.3, 0.4) is 0 Å². The lowest BCUT2D eigenvalue weighted by atomic mass is 9.97. The average Bonchev–Trinajstić information content (AvgIpc) is 3.02. The molecule has 8 heteroatoms. The molecule has 0 saturated carbocycles. The van der Waals surface area contributed by atoms with Crippen LogP contribution in [0, 0.1) is 6.92 Å². The Hall–Kier alpha value is -2.06. The molecule has 1 aliphatic carbocycles. The number of fused-ring (bicyclic) bond motifs is 1. The third-order valence-corrected chi connectivity index (χ3v) is 5.74. The van der Waals surface area contributed by atoms with E-state index >= 15 is 0 Å². The Kier molecular flexibility index (Phi) is 4.63. The van der Waals surface area contributed by atoms with Crippen molar-refractivity contribution in [3.8, 4) is 0 Å². The summed E-state index contributed by atoms with van der Waals surface area (Å²) in [5.74, 6) is 0.689. The first-order chi connectivity index (χ1) is 12.2. The zero-order chi connectivity index (χ0) is 17.2. The van der Waals surface area contributed by atoms with Crippen LogP contribution in [0.25, 0.3) is 0 Å². The lowest BCUT2D eigenvalue weighted by Gasteiger charge is -2.27. The van der Waals surface area contributed by atoms with Gasteiger partial charge in [0, 0.05) is 43.5 Å². The van der Waals surface area contributed by atoms with E-state index in [1.54, 1.807) is 17.4 Å². The van der Waals surface area contributed by atoms with E-state index in [2.05, 4.69) is 30.7 Å². The monoisotopic (exact) mass is 358 g/mol. The average molecular weight is 358 g/mol. The summed E-state index contributed by atoms with van der Waals surface area (Å²) in [6.07, 6.45) is 2.71. The lowest BCUT2D eigenvalue weighted by molar-refractivity contribution is 0.0927. The predicted octanol–water partition coefficient (Wildman–Crippen LogP) is 0.938. The van der Waals surface area contributed by atoms with Crippen LogP contribution in [0.5, 0.6) is 0 Å². The second-order valence-electron chi connectivity index (χ2n) is 6.53. The van der Waals surface area contributed by atoms with Gasteiger partial charge >= 0.3 is 0 Å². The summed E-state index contributed by atoms with van der Waals surface area (Å²) in [7, 11) is 0. The third-order valence-electron chi connectivity index (χ3n) is 4.71. The maximum atomic E-state index is 12.5. The van der Waals surface area contributed by atoms with Crippen molar-refractivity contribution in [2.45, 2.75) is 32.2 Å². The molecule has 2 aromatic rings. The van der Waals surface area contributed by atoms with Gasteiger partial charge in [0.15, 0.2) is 11.5 Å². The Morgan fingerprint density at radius 1 is 1.32 bits per heavy atom. The standard InChI is InChI=1S/C17H22N6OS/c1-11-19-13-3-2-12(10-15(13)25-11)20-17(24)14-4-5-16(22-21-14)23-8-6-18-7-9-23/h4-5,12,18H,2-3,6-10H2,1H3,(H,20,24). The summed E-state index contributed by atoms with van der Waals surface area (Å²) < 4.78 is 0. The smallest absolute Gasteiger partial charge is 0.272 e.